The van der Waals surface area contributed by atoms with Crippen molar-refractivity contribution >= 4 is 28.6 Å². The summed E-state index contributed by atoms with van der Waals surface area (Å²) in [5.74, 6) is 0.537. The van der Waals surface area contributed by atoms with E-state index in [-0.39, 0.29) is 5.91 Å². The van der Waals surface area contributed by atoms with Gasteiger partial charge in [-0.1, -0.05) is 42.1 Å². The Bertz CT molecular complexity index is 697. The number of carbonyl (C=O) groups is 1. The minimum Gasteiger partial charge on any atom is -0.338 e. The van der Waals surface area contributed by atoms with Crippen molar-refractivity contribution in [1.29, 1.82) is 0 Å². The van der Waals surface area contributed by atoms with Crippen LogP contribution in [0.2, 0.25) is 0 Å². The van der Waals surface area contributed by atoms with Crippen LogP contribution in [0.1, 0.15) is 19.4 Å². The van der Waals surface area contributed by atoms with Gasteiger partial charge in [0.15, 0.2) is 0 Å². The van der Waals surface area contributed by atoms with Crippen LogP contribution in [-0.4, -0.2) is 34.6 Å². The van der Waals surface area contributed by atoms with Gasteiger partial charge in [0.2, 0.25) is 5.91 Å². The normalized spacial score (nSPS) is 10.7. The maximum Gasteiger partial charge on any atom is 0.233 e. The van der Waals surface area contributed by atoms with Crippen LogP contribution in [0.4, 0.5) is 0 Å². The first kappa shape index (κ1) is 16.6. The molecule has 116 valence electrons. The molecule has 0 atom stereocenters. The molecule has 0 radical (unpaired) electrons. The van der Waals surface area contributed by atoms with Gasteiger partial charge < -0.3 is 4.90 Å². The van der Waals surface area contributed by atoms with Crippen LogP contribution in [-0.2, 0) is 4.79 Å². The predicted molar refractivity (Wildman–Crippen MR) is 94.3 cm³/mol. The summed E-state index contributed by atoms with van der Waals surface area (Å²) in [6.45, 7) is 11.2. The van der Waals surface area contributed by atoms with E-state index in [0.717, 1.165) is 21.5 Å². The summed E-state index contributed by atoms with van der Waals surface area (Å²) in [4.78, 5) is 18.7. The van der Waals surface area contributed by atoms with E-state index < -0.39 is 0 Å². The van der Waals surface area contributed by atoms with Gasteiger partial charge in [-0.2, -0.15) is 0 Å². The number of fused-ring (bicyclic) bond motifs is 1. The molecule has 22 heavy (non-hydrogen) atoms. The molecule has 0 unspecified atom stereocenters. The van der Waals surface area contributed by atoms with E-state index in [9.17, 15) is 4.79 Å². The van der Waals surface area contributed by atoms with Gasteiger partial charge in [-0.25, -0.2) is 4.98 Å². The Morgan fingerprint density at radius 3 is 2.77 bits per heavy atom. The van der Waals surface area contributed by atoms with E-state index in [2.05, 4.69) is 30.6 Å². The van der Waals surface area contributed by atoms with Crippen molar-refractivity contribution < 1.29 is 4.79 Å². The zero-order valence-electron chi connectivity index (χ0n) is 13.4. The van der Waals surface area contributed by atoms with Crippen LogP contribution in [0.5, 0.6) is 0 Å². The van der Waals surface area contributed by atoms with E-state index in [0.29, 0.717) is 18.8 Å². The maximum atomic E-state index is 12.3. The zero-order valence-corrected chi connectivity index (χ0v) is 14.2. The molecule has 1 aromatic carbocycles. The molecule has 0 bridgehead atoms. The summed E-state index contributed by atoms with van der Waals surface area (Å²) in [5.41, 5.74) is 3.17. The lowest BCUT2D eigenvalue weighted by Crippen LogP contribution is -2.33. The predicted octanol–water partition coefficient (Wildman–Crippen LogP) is 4.06. The smallest absolute Gasteiger partial charge is 0.233 e. The van der Waals surface area contributed by atoms with Gasteiger partial charge in [-0.05, 0) is 38.5 Å². The number of thioether (sulfide) groups is 1. The maximum absolute atomic E-state index is 12.3. The average Bonchev–Trinajstić information content (AvgIpc) is 2.50. The van der Waals surface area contributed by atoms with E-state index in [1.807, 2.05) is 36.9 Å². The third-order valence-electron chi connectivity index (χ3n) is 3.44. The summed E-state index contributed by atoms with van der Waals surface area (Å²) < 4.78 is 0. The number of amides is 1. The standard InChI is InChI=1S/C18H22N2OS/c1-5-20(11-13(2)3)18(21)12-22-17-10-14(4)15-8-6-7-9-16(15)19-17/h6-10H,2,5,11-12H2,1,3-4H3. The van der Waals surface area contributed by atoms with Crippen LogP contribution in [0.15, 0.2) is 47.5 Å². The first-order valence-electron chi connectivity index (χ1n) is 7.42. The highest BCUT2D eigenvalue weighted by molar-refractivity contribution is 7.99. The first-order valence-corrected chi connectivity index (χ1v) is 8.41. The third-order valence-corrected chi connectivity index (χ3v) is 4.33. The minimum absolute atomic E-state index is 0.128. The van der Waals surface area contributed by atoms with E-state index in [1.54, 1.807) is 0 Å². The Balaban J connectivity index is 2.08. The number of hydrogen-bond acceptors (Lipinski definition) is 3. The Morgan fingerprint density at radius 2 is 2.09 bits per heavy atom. The molecule has 1 heterocycles. The van der Waals surface area contributed by atoms with Crippen LogP contribution in [0, 0.1) is 6.92 Å². The van der Waals surface area contributed by atoms with Crippen molar-refractivity contribution in [3.05, 3.63) is 48.0 Å². The number of pyridine rings is 1. The molecule has 0 saturated carbocycles. The summed E-state index contributed by atoms with van der Waals surface area (Å²) in [7, 11) is 0. The summed E-state index contributed by atoms with van der Waals surface area (Å²) >= 11 is 1.50. The van der Waals surface area contributed by atoms with Gasteiger partial charge in [-0.15, -0.1) is 0 Å². The Morgan fingerprint density at radius 1 is 1.36 bits per heavy atom. The molecule has 0 saturated heterocycles. The van der Waals surface area contributed by atoms with Crippen molar-refractivity contribution in [2.75, 3.05) is 18.8 Å². The molecular formula is C18H22N2OS. The number of aromatic nitrogens is 1. The average molecular weight is 314 g/mol. The van der Waals surface area contributed by atoms with Crippen molar-refractivity contribution in [2.45, 2.75) is 25.8 Å². The number of rotatable bonds is 6. The lowest BCUT2D eigenvalue weighted by atomic mass is 10.1. The molecule has 4 heteroatoms. The molecule has 3 nitrogen and oxygen atoms in total. The number of likely N-dealkylation sites (N-methyl/N-ethyl adjacent to an activating group) is 1. The third kappa shape index (κ3) is 4.10. The van der Waals surface area contributed by atoms with Gasteiger partial charge in [-0.3, -0.25) is 4.79 Å². The topological polar surface area (TPSA) is 33.2 Å². The molecule has 2 aromatic rings. The molecule has 0 aliphatic rings. The molecule has 0 aliphatic carbocycles. The number of para-hydroxylation sites is 1. The molecule has 2 rings (SSSR count). The minimum atomic E-state index is 0.128. The van der Waals surface area contributed by atoms with Crippen LogP contribution in [0.3, 0.4) is 0 Å². The molecular weight excluding hydrogens is 292 g/mol. The van der Waals surface area contributed by atoms with Crippen molar-refractivity contribution in [3.63, 3.8) is 0 Å². The summed E-state index contributed by atoms with van der Waals surface area (Å²) in [6, 6.07) is 10.1. The first-order chi connectivity index (χ1) is 10.5. The highest BCUT2D eigenvalue weighted by Crippen LogP contribution is 2.23. The van der Waals surface area contributed by atoms with Gasteiger partial charge in [0.05, 0.1) is 16.3 Å². The zero-order chi connectivity index (χ0) is 16.1. The fourth-order valence-electron chi connectivity index (χ4n) is 2.32. The van der Waals surface area contributed by atoms with E-state index in [1.165, 1.54) is 17.3 Å². The highest BCUT2D eigenvalue weighted by Gasteiger charge is 2.13. The van der Waals surface area contributed by atoms with Crippen molar-refractivity contribution in [3.8, 4) is 0 Å². The fourth-order valence-corrected chi connectivity index (χ4v) is 3.20. The second-order valence-corrected chi connectivity index (χ2v) is 6.44. The van der Waals surface area contributed by atoms with Gasteiger partial charge in [0, 0.05) is 18.5 Å². The molecule has 1 amide bonds. The van der Waals surface area contributed by atoms with Crippen molar-refractivity contribution in [1.82, 2.24) is 9.88 Å². The largest absolute Gasteiger partial charge is 0.338 e. The second-order valence-electron chi connectivity index (χ2n) is 5.45. The Labute approximate surface area is 136 Å². The molecule has 0 spiro atoms. The van der Waals surface area contributed by atoms with Crippen LogP contribution >= 0.6 is 11.8 Å². The van der Waals surface area contributed by atoms with Gasteiger partial charge in [0.1, 0.15) is 0 Å². The fraction of sp³-hybridized carbons (Fsp3) is 0.333. The summed E-state index contributed by atoms with van der Waals surface area (Å²) in [6.07, 6.45) is 0. The number of nitrogens with zero attached hydrogens (tertiary/aromatic N) is 2. The molecule has 0 fully saturated rings. The number of aryl methyl sites for hydroxylation is 1. The number of hydrogen-bond donors (Lipinski definition) is 0. The molecule has 0 N–H and O–H groups in total. The number of benzene rings is 1. The Kier molecular flexibility index (Phi) is 5.61. The monoisotopic (exact) mass is 314 g/mol. The van der Waals surface area contributed by atoms with Gasteiger partial charge >= 0.3 is 0 Å². The summed E-state index contributed by atoms with van der Waals surface area (Å²) in [5, 5.41) is 2.06. The van der Waals surface area contributed by atoms with E-state index in [4.69, 9.17) is 0 Å². The SMILES string of the molecule is C=C(C)CN(CC)C(=O)CSc1cc(C)c2ccccc2n1. The van der Waals surface area contributed by atoms with Gasteiger partial charge in [0.25, 0.3) is 0 Å². The van der Waals surface area contributed by atoms with Crippen LogP contribution < -0.4 is 0 Å². The molecule has 0 aliphatic heterocycles. The van der Waals surface area contributed by atoms with Crippen molar-refractivity contribution in [2.24, 2.45) is 0 Å². The Hall–Kier alpha value is -1.81. The van der Waals surface area contributed by atoms with E-state index >= 15 is 0 Å². The lowest BCUT2D eigenvalue weighted by Gasteiger charge is -2.20. The highest BCUT2D eigenvalue weighted by atomic mass is 32.2. The molecule has 1 aromatic heterocycles. The quantitative estimate of drug-likeness (QED) is 0.595. The number of carbonyl (C=O) groups excluding carboxylic acids is 1. The van der Waals surface area contributed by atoms with Crippen LogP contribution in [0.25, 0.3) is 10.9 Å². The second kappa shape index (κ2) is 7.45. The lowest BCUT2D eigenvalue weighted by molar-refractivity contribution is -0.127.